The third-order valence-electron chi connectivity index (χ3n) is 6.90. The third-order valence-corrected chi connectivity index (χ3v) is 6.90. The van der Waals surface area contributed by atoms with Gasteiger partial charge in [-0.15, -0.1) is 0 Å². The molecule has 1 heterocycles. The molecule has 5 rings (SSSR count). The lowest BCUT2D eigenvalue weighted by Gasteiger charge is -2.15. The Labute approximate surface area is 246 Å². The van der Waals surface area contributed by atoms with E-state index >= 15 is 0 Å². The van der Waals surface area contributed by atoms with E-state index in [-0.39, 0.29) is 34.5 Å². The van der Waals surface area contributed by atoms with Gasteiger partial charge in [0.2, 0.25) is 52.4 Å². The van der Waals surface area contributed by atoms with Gasteiger partial charge in [0, 0.05) is 12.1 Å². The number of pyridine rings is 1. The molecule has 0 unspecified atom stereocenters. The number of fused-ring (bicyclic) bond motifs is 2. The van der Waals surface area contributed by atoms with Crippen LogP contribution < -0.4 is 14.0 Å². The van der Waals surface area contributed by atoms with Gasteiger partial charge in [0.25, 0.3) is 0 Å². The fraction of sp³-hybridized carbons (Fsp3) is 0.125. The van der Waals surface area contributed by atoms with Crippen LogP contribution in [0.3, 0.4) is 0 Å². The Hall–Kier alpha value is -5.39. The first-order valence-electron chi connectivity index (χ1n) is 12.9. The monoisotopic (exact) mass is 610 g/mol. The quantitative estimate of drug-likeness (QED) is 0.0433. The fourth-order valence-corrected chi connectivity index (χ4v) is 4.90. The number of ether oxygens (including phenoxy) is 3. The maximum atomic E-state index is 14.1. The summed E-state index contributed by atoms with van der Waals surface area (Å²) >= 11 is 0. The van der Waals surface area contributed by atoms with Crippen LogP contribution in [0.5, 0.6) is 11.5 Å². The molecule has 0 aliphatic rings. The summed E-state index contributed by atoms with van der Waals surface area (Å²) in [5.74, 6) is -15.9. The van der Waals surface area contributed by atoms with Gasteiger partial charge >= 0.3 is 17.9 Å². The minimum Gasteiger partial charge on any atom is -0.464 e. The fourth-order valence-electron chi connectivity index (χ4n) is 4.90. The van der Waals surface area contributed by atoms with Crippen LogP contribution in [0.1, 0.15) is 31.8 Å². The van der Waals surface area contributed by atoms with E-state index in [9.17, 15) is 36.3 Å². The van der Waals surface area contributed by atoms with Crippen molar-refractivity contribution in [2.75, 3.05) is 7.11 Å². The molecule has 0 fully saturated rings. The summed E-state index contributed by atoms with van der Waals surface area (Å²) in [6, 6.07) is 16.2. The Kier molecular flexibility index (Phi) is 8.01. The van der Waals surface area contributed by atoms with E-state index in [0.717, 1.165) is 0 Å². The number of aryl methyl sites for hydroxylation is 2. The van der Waals surface area contributed by atoms with Gasteiger partial charge in [-0.25, -0.2) is 27.6 Å². The maximum absolute atomic E-state index is 14.1. The number of rotatable bonds is 6. The molecule has 4 aromatic carbocycles. The number of methoxy groups -OCH3 is 1. The second kappa shape index (κ2) is 11.7. The Morgan fingerprint density at radius 2 is 1.11 bits per heavy atom. The van der Waals surface area contributed by atoms with Gasteiger partial charge in [0.15, 0.2) is 0 Å². The van der Waals surface area contributed by atoms with Crippen molar-refractivity contribution in [1.82, 2.24) is 0 Å². The third kappa shape index (κ3) is 5.19. The van der Waals surface area contributed by atoms with Gasteiger partial charge < -0.3 is 14.2 Å². The average Bonchev–Trinajstić information content (AvgIpc) is 3.02. The minimum atomic E-state index is -2.39. The largest absolute Gasteiger partial charge is 0.464 e. The van der Waals surface area contributed by atoms with Gasteiger partial charge in [-0.05, 0) is 49.2 Å². The lowest BCUT2D eigenvalue weighted by atomic mass is 10.0. The molecule has 44 heavy (non-hydrogen) atoms. The van der Waals surface area contributed by atoms with Crippen LogP contribution in [0, 0.1) is 42.9 Å². The van der Waals surface area contributed by atoms with Crippen LogP contribution >= 0.6 is 0 Å². The Morgan fingerprint density at radius 1 is 0.659 bits per heavy atom. The first kappa shape index (κ1) is 30.1. The molecule has 0 aliphatic carbocycles. The van der Waals surface area contributed by atoms with Gasteiger partial charge in [0.05, 0.1) is 29.0 Å². The zero-order valence-corrected chi connectivity index (χ0v) is 23.3. The number of aromatic nitrogens is 1. The average molecular weight is 611 g/mol. The summed E-state index contributed by atoms with van der Waals surface area (Å²) in [6.07, 6.45) is 0. The second-order valence-corrected chi connectivity index (χ2v) is 9.69. The number of nitrogens with zero attached hydrogens (tertiary/aromatic N) is 1. The summed E-state index contributed by atoms with van der Waals surface area (Å²) in [5.41, 5.74) is 1.47. The molecule has 12 heteroatoms. The van der Waals surface area contributed by atoms with Gasteiger partial charge in [0.1, 0.15) is 5.75 Å². The molecule has 0 radical (unpaired) electrons. The molecule has 5 aromatic rings. The van der Waals surface area contributed by atoms with Crippen molar-refractivity contribution >= 4 is 39.7 Å². The van der Waals surface area contributed by atoms with Crippen molar-refractivity contribution in [2.45, 2.75) is 20.4 Å². The van der Waals surface area contributed by atoms with Crippen LogP contribution in [0.15, 0.2) is 60.7 Å². The molecule has 0 spiro atoms. The summed E-state index contributed by atoms with van der Waals surface area (Å²) in [4.78, 5) is 38.6. The van der Waals surface area contributed by atoms with E-state index in [1.54, 1.807) is 53.1 Å². The van der Waals surface area contributed by atoms with Crippen LogP contribution in [0.4, 0.5) is 22.0 Å². The number of hydrogen-bond donors (Lipinski definition) is 0. The van der Waals surface area contributed by atoms with E-state index in [2.05, 4.69) is 4.74 Å². The standard InChI is InChI=1S/C32H21F5NO6/c1-15-12-17(31(40)44-30-27(36)25(34)24(33)26(35)28(30)37)13-16(2)29(15)43-32(41)23-18-8-4-6-10-20(18)38(14-22(39)42-3)21-11-7-5-9-19(21)23/h4-13H,14H2,1-3H3/q+1. The van der Waals surface area contributed by atoms with Crippen molar-refractivity contribution < 1.29 is 55.1 Å². The van der Waals surface area contributed by atoms with Gasteiger partial charge in [-0.2, -0.15) is 13.3 Å². The maximum Gasteiger partial charge on any atom is 0.372 e. The molecule has 1 aromatic heterocycles. The molecule has 0 atom stereocenters. The van der Waals surface area contributed by atoms with Crippen LogP contribution in [0.25, 0.3) is 21.8 Å². The highest BCUT2D eigenvalue weighted by Crippen LogP contribution is 2.32. The Balaban J connectivity index is 1.52. The van der Waals surface area contributed by atoms with Crippen LogP contribution in [-0.4, -0.2) is 25.0 Å². The minimum absolute atomic E-state index is 0.0576. The van der Waals surface area contributed by atoms with Crippen molar-refractivity contribution in [1.29, 1.82) is 0 Å². The van der Waals surface area contributed by atoms with E-state index in [1.807, 2.05) is 0 Å². The van der Waals surface area contributed by atoms with Crippen molar-refractivity contribution in [3.05, 3.63) is 112 Å². The molecule has 224 valence electrons. The zero-order chi connectivity index (χ0) is 31.9. The number of hydrogen-bond acceptors (Lipinski definition) is 6. The predicted octanol–water partition coefficient (Wildman–Crippen LogP) is 6.20. The number of para-hydroxylation sites is 2. The summed E-state index contributed by atoms with van der Waals surface area (Å²) in [7, 11) is 1.27. The van der Waals surface area contributed by atoms with E-state index in [0.29, 0.717) is 21.8 Å². The lowest BCUT2D eigenvalue weighted by molar-refractivity contribution is -0.633. The molecule has 0 saturated heterocycles. The number of benzene rings is 4. The van der Waals surface area contributed by atoms with Crippen molar-refractivity contribution in [3.8, 4) is 11.5 Å². The topological polar surface area (TPSA) is 82.8 Å². The number of halogens is 5. The zero-order valence-electron chi connectivity index (χ0n) is 23.3. The Morgan fingerprint density at radius 3 is 1.61 bits per heavy atom. The Bertz CT molecular complexity index is 1920. The molecule has 0 N–H and O–H groups in total. The SMILES string of the molecule is COC(=O)C[n+]1c2ccccc2c(C(=O)Oc2c(C)cc(C(=O)Oc3c(F)c(F)c(F)c(F)c3F)cc2C)c2ccccc21. The van der Waals surface area contributed by atoms with Gasteiger partial charge in [-0.3, -0.25) is 0 Å². The second-order valence-electron chi connectivity index (χ2n) is 9.69. The van der Waals surface area contributed by atoms with E-state index < -0.39 is 52.7 Å². The lowest BCUT2D eigenvalue weighted by Crippen LogP contribution is -2.40. The summed E-state index contributed by atoms with van der Waals surface area (Å²) in [5, 5.41) is 0.969. The van der Waals surface area contributed by atoms with E-state index in [1.165, 1.54) is 33.1 Å². The highest BCUT2D eigenvalue weighted by Gasteiger charge is 2.30. The first-order valence-corrected chi connectivity index (χ1v) is 12.9. The van der Waals surface area contributed by atoms with Crippen LogP contribution in [0.2, 0.25) is 0 Å². The van der Waals surface area contributed by atoms with Gasteiger partial charge in [-0.1, -0.05) is 24.3 Å². The number of esters is 3. The molecule has 7 nitrogen and oxygen atoms in total. The highest BCUT2D eigenvalue weighted by atomic mass is 19.2. The van der Waals surface area contributed by atoms with E-state index in [4.69, 9.17) is 9.47 Å². The molecule has 0 aliphatic heterocycles. The number of carbonyl (C=O) groups excluding carboxylic acids is 3. The smallest absolute Gasteiger partial charge is 0.372 e. The van der Waals surface area contributed by atoms with Crippen LogP contribution in [-0.2, 0) is 16.1 Å². The molecular formula is C32H21F5NO6+. The predicted molar refractivity (Wildman–Crippen MR) is 146 cm³/mol. The highest BCUT2D eigenvalue weighted by molar-refractivity contribution is 6.13. The first-order chi connectivity index (χ1) is 20.9. The molecule has 0 bridgehead atoms. The normalized spacial score (nSPS) is 11.1. The molecule has 0 amide bonds. The van der Waals surface area contributed by atoms with Crippen molar-refractivity contribution in [2.24, 2.45) is 0 Å². The molecule has 0 saturated carbocycles. The van der Waals surface area contributed by atoms with Crippen molar-refractivity contribution in [3.63, 3.8) is 0 Å². The summed E-state index contributed by atoms with van der Waals surface area (Å²) in [6.45, 7) is 2.85. The summed E-state index contributed by atoms with van der Waals surface area (Å²) < 4.78 is 85.5. The number of carbonyl (C=O) groups is 3. The molecular weight excluding hydrogens is 589 g/mol.